The first-order valence-electron chi connectivity index (χ1n) is 9.99. The van der Waals surface area contributed by atoms with Crippen LogP contribution in [-0.2, 0) is 4.74 Å². The Morgan fingerprint density at radius 1 is 1.03 bits per heavy atom. The number of hydrogen-bond donors (Lipinski definition) is 2. The summed E-state index contributed by atoms with van der Waals surface area (Å²) in [5, 5.41) is 3.26. The second-order valence-corrected chi connectivity index (χ2v) is 7.28. The van der Waals surface area contributed by atoms with Crippen LogP contribution >= 0.6 is 0 Å². The van der Waals surface area contributed by atoms with E-state index in [1.165, 1.54) is 0 Å². The van der Waals surface area contributed by atoms with E-state index in [4.69, 9.17) is 15.5 Å². The topological polar surface area (TPSA) is 127 Å². The van der Waals surface area contributed by atoms with Crippen LogP contribution in [0.4, 0.5) is 11.8 Å². The first-order valence-corrected chi connectivity index (χ1v) is 9.99. The maximum absolute atomic E-state index is 13.0. The van der Waals surface area contributed by atoms with Gasteiger partial charge in [-0.2, -0.15) is 0 Å². The van der Waals surface area contributed by atoms with Gasteiger partial charge in [-0.05, 0) is 0 Å². The van der Waals surface area contributed by atoms with Gasteiger partial charge in [0.2, 0.25) is 5.95 Å². The molecular weight excluding hydrogens is 386 g/mol. The second-order valence-electron chi connectivity index (χ2n) is 7.28. The maximum Gasteiger partial charge on any atom is 0.274 e. The maximum atomic E-state index is 13.0. The van der Waals surface area contributed by atoms with Crippen LogP contribution in [0.5, 0.6) is 0 Å². The van der Waals surface area contributed by atoms with Crippen molar-refractivity contribution in [1.82, 2.24) is 34.6 Å². The van der Waals surface area contributed by atoms with Crippen molar-refractivity contribution in [3.05, 3.63) is 30.5 Å². The summed E-state index contributed by atoms with van der Waals surface area (Å²) in [5.74, 6) is 0.859. The van der Waals surface area contributed by atoms with E-state index in [0.717, 1.165) is 18.7 Å². The standard InChI is InChI=1S/C19H23N9O2/c20-19-22-9-13(10-23-19)14-11-28-12-15(18(29)27-3-1-21-2-4-27)25-17(28)16(24-14)26-5-7-30-8-6-26/h9-12,21H,1-8H2,(H2,20,22,23). The summed E-state index contributed by atoms with van der Waals surface area (Å²) in [5.41, 5.74) is 8.11. The van der Waals surface area contributed by atoms with E-state index in [1.807, 2.05) is 15.5 Å². The van der Waals surface area contributed by atoms with Crippen molar-refractivity contribution in [2.24, 2.45) is 0 Å². The molecular formula is C19H23N9O2. The lowest BCUT2D eigenvalue weighted by Crippen LogP contribution is -2.46. The molecule has 0 spiro atoms. The molecule has 0 saturated carbocycles. The third-order valence-electron chi connectivity index (χ3n) is 5.32. The number of carbonyl (C=O) groups is 1. The monoisotopic (exact) mass is 409 g/mol. The Kier molecular flexibility index (Phi) is 4.89. The average molecular weight is 409 g/mol. The minimum Gasteiger partial charge on any atom is -0.378 e. The molecule has 3 aromatic heterocycles. The summed E-state index contributed by atoms with van der Waals surface area (Å²) in [7, 11) is 0. The SMILES string of the molecule is Nc1ncc(-c2cn3cc(C(=O)N4CCNCC4)nc3c(N3CCOCC3)n2)cn1. The smallest absolute Gasteiger partial charge is 0.274 e. The van der Waals surface area contributed by atoms with Crippen LogP contribution in [0, 0.1) is 0 Å². The third kappa shape index (κ3) is 3.53. The van der Waals surface area contributed by atoms with E-state index in [-0.39, 0.29) is 11.9 Å². The van der Waals surface area contributed by atoms with Crippen LogP contribution in [-0.4, -0.2) is 87.6 Å². The van der Waals surface area contributed by atoms with Gasteiger partial charge >= 0.3 is 0 Å². The number of nitrogens with two attached hydrogens (primary N) is 1. The Balaban J connectivity index is 1.59. The van der Waals surface area contributed by atoms with Gasteiger partial charge in [0.1, 0.15) is 5.69 Å². The van der Waals surface area contributed by atoms with E-state index in [9.17, 15) is 4.79 Å². The Labute approximate surface area is 172 Å². The Bertz CT molecular complexity index is 1050. The molecule has 11 nitrogen and oxygen atoms in total. The van der Waals surface area contributed by atoms with Gasteiger partial charge in [-0.15, -0.1) is 0 Å². The van der Waals surface area contributed by atoms with Crippen LogP contribution in [0.2, 0.25) is 0 Å². The number of carbonyl (C=O) groups excluding carboxylic acids is 1. The number of ether oxygens (including phenoxy) is 1. The molecule has 5 rings (SSSR count). The van der Waals surface area contributed by atoms with Crippen LogP contribution < -0.4 is 16.0 Å². The fourth-order valence-corrected chi connectivity index (χ4v) is 3.71. The summed E-state index contributed by atoms with van der Waals surface area (Å²) in [6.07, 6.45) is 6.90. The zero-order chi connectivity index (χ0) is 20.5. The van der Waals surface area contributed by atoms with Crippen LogP contribution in [0.3, 0.4) is 0 Å². The number of fused-ring (bicyclic) bond motifs is 1. The number of rotatable bonds is 3. The van der Waals surface area contributed by atoms with Crippen LogP contribution in [0.1, 0.15) is 10.5 Å². The molecule has 156 valence electrons. The molecule has 3 aromatic rings. The number of anilines is 2. The molecule has 5 heterocycles. The summed E-state index contributed by atoms with van der Waals surface area (Å²) >= 11 is 0. The molecule has 0 bridgehead atoms. The van der Waals surface area contributed by atoms with Crippen LogP contribution in [0.15, 0.2) is 24.8 Å². The second kappa shape index (κ2) is 7.84. The zero-order valence-electron chi connectivity index (χ0n) is 16.5. The van der Waals surface area contributed by atoms with Crippen molar-refractivity contribution >= 4 is 23.3 Å². The lowest BCUT2D eigenvalue weighted by atomic mass is 10.2. The molecule has 1 amide bonds. The van der Waals surface area contributed by atoms with Crippen molar-refractivity contribution in [2.45, 2.75) is 0 Å². The number of morpholine rings is 1. The van der Waals surface area contributed by atoms with Gasteiger partial charge in [-0.25, -0.2) is 19.9 Å². The number of nitrogen functional groups attached to an aromatic ring is 1. The largest absolute Gasteiger partial charge is 0.378 e. The van der Waals surface area contributed by atoms with Crippen molar-refractivity contribution in [3.8, 4) is 11.3 Å². The number of nitrogens with one attached hydrogen (secondary N) is 1. The molecule has 2 aliphatic heterocycles. The Hall–Kier alpha value is -3.31. The van der Waals surface area contributed by atoms with E-state index < -0.39 is 0 Å². The van der Waals surface area contributed by atoms with Crippen molar-refractivity contribution in [2.75, 3.05) is 63.1 Å². The molecule has 2 aliphatic rings. The van der Waals surface area contributed by atoms with E-state index >= 15 is 0 Å². The molecule has 0 atom stereocenters. The Morgan fingerprint density at radius 2 is 1.77 bits per heavy atom. The fraction of sp³-hybridized carbons (Fsp3) is 0.421. The number of piperazine rings is 1. The van der Waals surface area contributed by atoms with Gasteiger partial charge in [-0.1, -0.05) is 0 Å². The number of imidazole rings is 1. The molecule has 0 radical (unpaired) electrons. The third-order valence-corrected chi connectivity index (χ3v) is 5.32. The summed E-state index contributed by atoms with van der Waals surface area (Å²) in [6, 6.07) is 0. The fourth-order valence-electron chi connectivity index (χ4n) is 3.71. The highest BCUT2D eigenvalue weighted by Gasteiger charge is 2.24. The lowest BCUT2D eigenvalue weighted by Gasteiger charge is -2.28. The predicted octanol–water partition coefficient (Wildman–Crippen LogP) is -0.349. The highest BCUT2D eigenvalue weighted by molar-refractivity contribution is 5.93. The molecule has 0 unspecified atom stereocenters. The molecule has 2 saturated heterocycles. The highest BCUT2D eigenvalue weighted by Crippen LogP contribution is 2.26. The minimum absolute atomic E-state index is 0.0644. The van der Waals surface area contributed by atoms with Gasteiger partial charge in [-0.3, -0.25) is 4.79 Å². The summed E-state index contributed by atoms with van der Waals surface area (Å²) in [4.78, 5) is 34.6. The first kappa shape index (κ1) is 18.7. The summed E-state index contributed by atoms with van der Waals surface area (Å²) < 4.78 is 7.35. The highest BCUT2D eigenvalue weighted by atomic mass is 16.5. The van der Waals surface area contributed by atoms with Crippen molar-refractivity contribution in [3.63, 3.8) is 0 Å². The molecule has 30 heavy (non-hydrogen) atoms. The number of nitrogens with zero attached hydrogens (tertiary/aromatic N) is 7. The van der Waals surface area contributed by atoms with E-state index in [0.29, 0.717) is 62.2 Å². The molecule has 11 heteroatoms. The van der Waals surface area contributed by atoms with Gasteiger partial charge in [0, 0.05) is 69.6 Å². The first-order chi connectivity index (χ1) is 14.7. The average Bonchev–Trinajstić information content (AvgIpc) is 3.24. The van der Waals surface area contributed by atoms with E-state index in [1.54, 1.807) is 18.6 Å². The van der Waals surface area contributed by atoms with Crippen molar-refractivity contribution < 1.29 is 9.53 Å². The molecule has 0 aromatic carbocycles. The van der Waals surface area contributed by atoms with Crippen molar-refractivity contribution in [1.29, 1.82) is 0 Å². The quantitative estimate of drug-likeness (QED) is 0.597. The normalized spacial score (nSPS) is 17.5. The lowest BCUT2D eigenvalue weighted by molar-refractivity contribution is 0.0730. The predicted molar refractivity (Wildman–Crippen MR) is 110 cm³/mol. The zero-order valence-corrected chi connectivity index (χ0v) is 16.5. The minimum atomic E-state index is -0.0644. The number of hydrogen-bond acceptors (Lipinski definition) is 9. The van der Waals surface area contributed by atoms with Crippen LogP contribution in [0.25, 0.3) is 16.9 Å². The van der Waals surface area contributed by atoms with E-state index in [2.05, 4.69) is 25.2 Å². The summed E-state index contributed by atoms with van der Waals surface area (Å²) in [6.45, 7) is 5.59. The van der Waals surface area contributed by atoms with Gasteiger partial charge in [0.15, 0.2) is 11.5 Å². The number of aromatic nitrogens is 5. The Morgan fingerprint density at radius 3 is 2.50 bits per heavy atom. The van der Waals surface area contributed by atoms with Gasteiger partial charge in [0.05, 0.1) is 18.9 Å². The van der Waals surface area contributed by atoms with Gasteiger partial charge < -0.3 is 30.0 Å². The molecule has 3 N–H and O–H groups in total. The molecule has 2 fully saturated rings. The number of amides is 1. The molecule has 0 aliphatic carbocycles. The van der Waals surface area contributed by atoms with Gasteiger partial charge in [0.25, 0.3) is 5.91 Å².